The monoisotopic (exact) mass is 315 g/mol. The maximum Gasteiger partial charge on any atom is 0.363 e. The Kier molecular flexibility index (Phi) is 3.54. The van der Waals surface area contributed by atoms with Gasteiger partial charge in [0.1, 0.15) is 0 Å². The molecule has 0 atom stereocenters. The first kappa shape index (κ1) is 14.8. The average Bonchev–Trinajstić information content (AvgIpc) is 2.86. The summed E-state index contributed by atoms with van der Waals surface area (Å²) in [4.78, 5) is 0. The Bertz CT molecular complexity index is 925. The summed E-state index contributed by atoms with van der Waals surface area (Å²) in [6.45, 7) is 4.08. The summed E-state index contributed by atoms with van der Waals surface area (Å²) in [5.74, 6) is 0.273. The third-order valence-electron chi connectivity index (χ3n) is 3.80. The van der Waals surface area contributed by atoms with Gasteiger partial charge < -0.3 is 0 Å². The van der Waals surface area contributed by atoms with Crippen molar-refractivity contribution in [2.45, 2.75) is 19.8 Å². The summed E-state index contributed by atoms with van der Waals surface area (Å²) in [6, 6.07) is 15.3. The molecule has 0 radical (unpaired) electrons. The van der Waals surface area contributed by atoms with Crippen LogP contribution in [0.3, 0.4) is 0 Å². The van der Waals surface area contributed by atoms with E-state index in [2.05, 4.69) is 0 Å². The van der Waals surface area contributed by atoms with E-state index in [-0.39, 0.29) is 5.92 Å². The Morgan fingerprint density at radius 1 is 1.05 bits per heavy atom. The lowest BCUT2D eigenvalue weighted by Gasteiger charge is -2.07. The van der Waals surface area contributed by atoms with Crippen LogP contribution < -0.4 is 0 Å². The van der Waals surface area contributed by atoms with Crippen molar-refractivity contribution in [1.82, 2.24) is 3.97 Å². The van der Waals surface area contributed by atoms with Crippen molar-refractivity contribution in [3.05, 3.63) is 60.3 Å². The molecule has 0 saturated heterocycles. The van der Waals surface area contributed by atoms with E-state index >= 15 is 0 Å². The number of hydrogen-bond acceptors (Lipinski definition) is 2. The minimum atomic E-state index is -4.34. The second-order valence-corrected chi connectivity index (χ2v) is 6.90. The summed E-state index contributed by atoms with van der Waals surface area (Å²) in [5, 5.41) is 0.799. The third-order valence-corrected chi connectivity index (χ3v) is 4.60. The fourth-order valence-electron chi connectivity index (χ4n) is 2.61. The summed E-state index contributed by atoms with van der Waals surface area (Å²) < 4.78 is 33.8. The summed E-state index contributed by atoms with van der Waals surface area (Å²) in [5.41, 5.74) is 3.21. The third kappa shape index (κ3) is 2.53. The van der Waals surface area contributed by atoms with Gasteiger partial charge in [-0.1, -0.05) is 56.3 Å². The maximum atomic E-state index is 11.7. The molecule has 1 heterocycles. The Balaban J connectivity index is 2.37. The Labute approximate surface area is 129 Å². The molecule has 0 aliphatic rings. The number of rotatable bonds is 3. The molecule has 1 aromatic heterocycles. The zero-order chi connectivity index (χ0) is 15.9. The number of aromatic nitrogens is 1. The molecule has 1 N–H and O–H groups in total. The van der Waals surface area contributed by atoms with Gasteiger partial charge in [-0.2, -0.15) is 8.42 Å². The van der Waals surface area contributed by atoms with Gasteiger partial charge in [0.2, 0.25) is 0 Å². The molecule has 2 aromatic carbocycles. The van der Waals surface area contributed by atoms with Crippen LogP contribution in [0.2, 0.25) is 0 Å². The SMILES string of the molecule is CC(C)c1ccc2c(-c3ccccc3)cn(S(=O)(=O)O)c2c1. The smallest absolute Gasteiger partial charge is 0.269 e. The normalized spacial score (nSPS) is 12.2. The van der Waals surface area contributed by atoms with E-state index < -0.39 is 10.3 Å². The van der Waals surface area contributed by atoms with Crippen molar-refractivity contribution >= 4 is 21.2 Å². The molecule has 0 amide bonds. The summed E-state index contributed by atoms with van der Waals surface area (Å²) >= 11 is 0. The van der Waals surface area contributed by atoms with Gasteiger partial charge in [-0.25, -0.2) is 3.97 Å². The van der Waals surface area contributed by atoms with Gasteiger partial charge >= 0.3 is 10.3 Å². The molecular weight excluding hydrogens is 298 g/mol. The number of nitrogens with zero attached hydrogens (tertiary/aromatic N) is 1. The zero-order valence-corrected chi connectivity index (χ0v) is 13.2. The van der Waals surface area contributed by atoms with E-state index in [0.717, 1.165) is 26.0 Å². The van der Waals surface area contributed by atoms with Crippen LogP contribution in [0.5, 0.6) is 0 Å². The van der Waals surface area contributed by atoms with Crippen molar-refractivity contribution < 1.29 is 13.0 Å². The summed E-state index contributed by atoms with van der Waals surface area (Å²) in [7, 11) is -4.34. The van der Waals surface area contributed by atoms with Gasteiger partial charge in [0.15, 0.2) is 0 Å². The number of fused-ring (bicyclic) bond motifs is 1. The fourth-order valence-corrected chi connectivity index (χ4v) is 3.25. The van der Waals surface area contributed by atoms with Crippen molar-refractivity contribution in [2.24, 2.45) is 0 Å². The molecule has 0 spiro atoms. The maximum absolute atomic E-state index is 11.7. The Morgan fingerprint density at radius 2 is 1.73 bits per heavy atom. The fraction of sp³-hybridized carbons (Fsp3) is 0.176. The molecule has 0 bridgehead atoms. The minimum absolute atomic E-state index is 0.273. The standard InChI is InChI=1S/C17H17NO3S/c1-12(2)14-8-9-15-16(13-6-4-3-5-7-13)11-18(17(15)10-14)22(19,20)21/h3-12H,1-2H3,(H,19,20,21). The highest BCUT2D eigenvalue weighted by atomic mass is 32.2. The zero-order valence-electron chi connectivity index (χ0n) is 12.4. The predicted molar refractivity (Wildman–Crippen MR) is 88.4 cm³/mol. The molecule has 114 valence electrons. The second kappa shape index (κ2) is 5.26. The largest absolute Gasteiger partial charge is 0.363 e. The topological polar surface area (TPSA) is 59.3 Å². The molecule has 3 aromatic rings. The lowest BCUT2D eigenvalue weighted by molar-refractivity contribution is 0.474. The molecule has 0 fully saturated rings. The highest BCUT2D eigenvalue weighted by molar-refractivity contribution is 7.84. The second-order valence-electron chi connectivity index (χ2n) is 5.61. The van der Waals surface area contributed by atoms with Crippen LogP contribution in [0.4, 0.5) is 0 Å². The first-order chi connectivity index (χ1) is 10.4. The van der Waals surface area contributed by atoms with Gasteiger partial charge in [-0.05, 0) is 23.1 Å². The van der Waals surface area contributed by atoms with Crippen molar-refractivity contribution in [1.29, 1.82) is 0 Å². The molecule has 5 heteroatoms. The van der Waals surface area contributed by atoms with Gasteiger partial charge in [-0.3, -0.25) is 4.55 Å². The van der Waals surface area contributed by atoms with E-state index in [1.807, 2.05) is 62.4 Å². The van der Waals surface area contributed by atoms with Gasteiger partial charge in [0.25, 0.3) is 0 Å². The highest BCUT2D eigenvalue weighted by Crippen LogP contribution is 2.33. The minimum Gasteiger partial charge on any atom is -0.269 e. The molecular formula is C17H17NO3S. The lowest BCUT2D eigenvalue weighted by Crippen LogP contribution is -2.09. The van der Waals surface area contributed by atoms with Gasteiger partial charge in [0.05, 0.1) is 5.52 Å². The molecule has 4 nitrogen and oxygen atoms in total. The van der Waals surface area contributed by atoms with Crippen LogP contribution in [0, 0.1) is 0 Å². The van der Waals surface area contributed by atoms with E-state index in [9.17, 15) is 13.0 Å². The molecule has 0 aliphatic heterocycles. The highest BCUT2D eigenvalue weighted by Gasteiger charge is 2.18. The van der Waals surface area contributed by atoms with Crippen LogP contribution >= 0.6 is 0 Å². The van der Waals surface area contributed by atoms with Crippen LogP contribution in [0.25, 0.3) is 22.0 Å². The van der Waals surface area contributed by atoms with E-state index in [1.165, 1.54) is 6.20 Å². The quantitative estimate of drug-likeness (QED) is 0.741. The predicted octanol–water partition coefficient (Wildman–Crippen LogP) is 4.08. The van der Waals surface area contributed by atoms with Crippen molar-refractivity contribution in [3.63, 3.8) is 0 Å². The molecule has 3 rings (SSSR count). The Morgan fingerprint density at radius 3 is 2.32 bits per heavy atom. The van der Waals surface area contributed by atoms with Crippen LogP contribution in [-0.4, -0.2) is 16.9 Å². The van der Waals surface area contributed by atoms with Crippen LogP contribution in [-0.2, 0) is 10.3 Å². The molecule has 0 aliphatic carbocycles. The van der Waals surface area contributed by atoms with Crippen LogP contribution in [0.1, 0.15) is 25.3 Å². The first-order valence-electron chi connectivity index (χ1n) is 7.06. The van der Waals surface area contributed by atoms with Gasteiger partial charge in [0, 0.05) is 17.1 Å². The molecule has 22 heavy (non-hydrogen) atoms. The average molecular weight is 315 g/mol. The Hall–Kier alpha value is -2.11. The number of hydrogen-bond donors (Lipinski definition) is 1. The van der Waals surface area contributed by atoms with Gasteiger partial charge in [-0.15, -0.1) is 0 Å². The lowest BCUT2D eigenvalue weighted by atomic mass is 9.99. The summed E-state index contributed by atoms with van der Waals surface area (Å²) in [6.07, 6.45) is 1.47. The van der Waals surface area contributed by atoms with Crippen LogP contribution in [0.15, 0.2) is 54.7 Å². The van der Waals surface area contributed by atoms with Crippen molar-refractivity contribution in [3.8, 4) is 11.1 Å². The van der Waals surface area contributed by atoms with E-state index in [1.54, 1.807) is 0 Å². The number of benzene rings is 2. The van der Waals surface area contributed by atoms with E-state index in [0.29, 0.717) is 5.52 Å². The van der Waals surface area contributed by atoms with Crippen molar-refractivity contribution in [2.75, 3.05) is 0 Å². The molecule has 0 saturated carbocycles. The van der Waals surface area contributed by atoms with E-state index in [4.69, 9.17) is 0 Å². The first-order valence-corrected chi connectivity index (χ1v) is 8.46. The molecule has 0 unspecified atom stereocenters.